The van der Waals surface area contributed by atoms with Crippen LogP contribution in [0, 0.1) is 41.5 Å². The van der Waals surface area contributed by atoms with Crippen LogP contribution in [-0.2, 0) is 0 Å². The molecule has 4 aromatic carbocycles. The van der Waals surface area contributed by atoms with Gasteiger partial charge in [-0.2, -0.15) is 0 Å². The second-order valence-corrected chi connectivity index (χ2v) is 9.57. The maximum atomic E-state index is 2.45. The SMILES string of the molecule is Cc1cc(C)c(N2C(=Cc3ccccc3)N(c3c(C)cc(C)cc3C)c3ccccc32)c(C)c1. The van der Waals surface area contributed by atoms with E-state index in [1.54, 1.807) is 0 Å². The average molecular weight is 445 g/mol. The lowest BCUT2D eigenvalue weighted by atomic mass is 10.0. The summed E-state index contributed by atoms with van der Waals surface area (Å²) in [5.41, 5.74) is 13.8. The number of anilines is 4. The Hall–Kier alpha value is -3.78. The van der Waals surface area contributed by atoms with Gasteiger partial charge in [0.05, 0.1) is 22.7 Å². The van der Waals surface area contributed by atoms with Gasteiger partial charge in [0.2, 0.25) is 0 Å². The second-order valence-electron chi connectivity index (χ2n) is 9.57. The number of fused-ring (bicyclic) bond motifs is 1. The third kappa shape index (κ3) is 3.70. The Labute approximate surface area is 203 Å². The quantitative estimate of drug-likeness (QED) is 0.311. The number of hydrogen-bond donors (Lipinski definition) is 0. The van der Waals surface area contributed by atoms with E-state index in [1.807, 2.05) is 0 Å². The van der Waals surface area contributed by atoms with Crippen LogP contribution in [0.5, 0.6) is 0 Å². The highest BCUT2D eigenvalue weighted by atomic mass is 15.4. The highest BCUT2D eigenvalue weighted by Gasteiger charge is 2.36. The number of para-hydroxylation sites is 2. The van der Waals surface area contributed by atoms with Crippen LogP contribution < -0.4 is 9.80 Å². The smallest absolute Gasteiger partial charge is 0.123 e. The first-order valence-corrected chi connectivity index (χ1v) is 12.0. The third-order valence-electron chi connectivity index (χ3n) is 6.64. The van der Waals surface area contributed by atoms with Gasteiger partial charge < -0.3 is 0 Å². The van der Waals surface area contributed by atoms with Crippen molar-refractivity contribution in [1.82, 2.24) is 0 Å². The Balaban J connectivity index is 1.85. The standard InChI is InChI=1S/C32H32N2/c1-21-16-23(3)31(24(4)17-21)33-28-14-10-11-15-29(28)34(30(33)20-27-12-8-7-9-13-27)32-25(5)18-22(2)19-26(32)6/h7-20H,1-6H3. The Morgan fingerprint density at radius 3 is 1.29 bits per heavy atom. The van der Waals surface area contributed by atoms with E-state index in [-0.39, 0.29) is 0 Å². The first-order chi connectivity index (χ1) is 16.3. The van der Waals surface area contributed by atoms with E-state index in [4.69, 9.17) is 0 Å². The van der Waals surface area contributed by atoms with Crippen LogP contribution in [0.25, 0.3) is 6.08 Å². The van der Waals surface area contributed by atoms with Gasteiger partial charge in [-0.3, -0.25) is 9.80 Å². The van der Waals surface area contributed by atoms with E-state index in [0.717, 1.165) is 5.82 Å². The zero-order valence-corrected chi connectivity index (χ0v) is 21.0. The molecule has 0 aromatic heterocycles. The summed E-state index contributed by atoms with van der Waals surface area (Å²) < 4.78 is 0. The molecule has 4 aromatic rings. The highest BCUT2D eigenvalue weighted by molar-refractivity contribution is 5.97. The molecule has 5 rings (SSSR count). The van der Waals surface area contributed by atoms with E-state index < -0.39 is 0 Å². The van der Waals surface area contributed by atoms with Crippen LogP contribution in [0.1, 0.15) is 38.9 Å². The summed E-state index contributed by atoms with van der Waals surface area (Å²) in [6, 6.07) is 28.6. The zero-order valence-electron chi connectivity index (χ0n) is 21.0. The molecule has 0 atom stereocenters. The molecule has 0 amide bonds. The molecule has 34 heavy (non-hydrogen) atoms. The van der Waals surface area contributed by atoms with Crippen molar-refractivity contribution >= 4 is 28.8 Å². The normalized spacial score (nSPS) is 12.8. The molecular weight excluding hydrogens is 412 g/mol. The van der Waals surface area contributed by atoms with Crippen LogP contribution in [-0.4, -0.2) is 0 Å². The van der Waals surface area contributed by atoms with Gasteiger partial charge in [0.15, 0.2) is 0 Å². The van der Waals surface area contributed by atoms with Crippen LogP contribution in [0.4, 0.5) is 22.7 Å². The minimum Gasteiger partial charge on any atom is -0.293 e. The molecule has 1 aliphatic rings. The molecule has 170 valence electrons. The van der Waals surface area contributed by atoms with E-state index in [9.17, 15) is 0 Å². The van der Waals surface area contributed by atoms with Gasteiger partial charge in [-0.15, -0.1) is 0 Å². The van der Waals surface area contributed by atoms with Crippen molar-refractivity contribution in [2.75, 3.05) is 9.80 Å². The maximum Gasteiger partial charge on any atom is 0.123 e. The Morgan fingerprint density at radius 2 is 0.882 bits per heavy atom. The number of hydrogen-bond acceptors (Lipinski definition) is 2. The van der Waals surface area contributed by atoms with Crippen molar-refractivity contribution in [3.8, 4) is 0 Å². The first kappa shape index (κ1) is 22.0. The van der Waals surface area contributed by atoms with Gasteiger partial charge in [0.25, 0.3) is 0 Å². The highest BCUT2D eigenvalue weighted by Crippen LogP contribution is 2.52. The summed E-state index contributed by atoms with van der Waals surface area (Å²) >= 11 is 0. The summed E-state index contributed by atoms with van der Waals surface area (Å²) in [6.45, 7) is 13.2. The van der Waals surface area contributed by atoms with Crippen molar-refractivity contribution in [2.24, 2.45) is 0 Å². The van der Waals surface area contributed by atoms with Crippen LogP contribution in [0.15, 0.2) is 84.7 Å². The van der Waals surface area contributed by atoms with Gasteiger partial charge in [-0.25, -0.2) is 0 Å². The number of benzene rings is 4. The lowest BCUT2D eigenvalue weighted by Gasteiger charge is -2.30. The van der Waals surface area contributed by atoms with Gasteiger partial charge >= 0.3 is 0 Å². The monoisotopic (exact) mass is 444 g/mol. The molecule has 0 bridgehead atoms. The number of nitrogens with zero attached hydrogens (tertiary/aromatic N) is 2. The van der Waals surface area contributed by atoms with Crippen LogP contribution in [0.3, 0.4) is 0 Å². The van der Waals surface area contributed by atoms with Gasteiger partial charge in [0, 0.05) is 0 Å². The van der Waals surface area contributed by atoms with E-state index in [2.05, 4.69) is 136 Å². The summed E-state index contributed by atoms with van der Waals surface area (Å²) in [5, 5.41) is 0. The van der Waals surface area contributed by atoms with Crippen LogP contribution >= 0.6 is 0 Å². The maximum absolute atomic E-state index is 2.45. The molecule has 0 saturated carbocycles. The predicted molar refractivity (Wildman–Crippen MR) is 146 cm³/mol. The first-order valence-electron chi connectivity index (χ1n) is 12.0. The average Bonchev–Trinajstić information content (AvgIpc) is 3.07. The fourth-order valence-electron chi connectivity index (χ4n) is 5.54. The molecule has 0 fully saturated rings. The Kier molecular flexibility index (Phi) is 5.53. The van der Waals surface area contributed by atoms with Gasteiger partial charge in [0.1, 0.15) is 5.82 Å². The third-order valence-corrected chi connectivity index (χ3v) is 6.64. The molecule has 0 radical (unpaired) electrons. The largest absolute Gasteiger partial charge is 0.293 e. The fourth-order valence-corrected chi connectivity index (χ4v) is 5.54. The molecule has 0 unspecified atom stereocenters. The molecule has 0 saturated heterocycles. The fraction of sp³-hybridized carbons (Fsp3) is 0.188. The summed E-state index contributed by atoms with van der Waals surface area (Å²) in [5.74, 6) is 1.15. The minimum absolute atomic E-state index is 1.15. The molecule has 2 nitrogen and oxygen atoms in total. The molecule has 1 aliphatic heterocycles. The van der Waals surface area contributed by atoms with E-state index in [1.165, 1.54) is 61.7 Å². The van der Waals surface area contributed by atoms with Crippen molar-refractivity contribution < 1.29 is 0 Å². The van der Waals surface area contributed by atoms with Crippen molar-refractivity contribution in [3.63, 3.8) is 0 Å². The molecule has 0 aliphatic carbocycles. The summed E-state index contributed by atoms with van der Waals surface area (Å²) in [7, 11) is 0. The topological polar surface area (TPSA) is 6.48 Å². The summed E-state index contributed by atoms with van der Waals surface area (Å²) in [6.07, 6.45) is 2.32. The molecular formula is C32H32N2. The van der Waals surface area contributed by atoms with Gasteiger partial charge in [-0.05, 0) is 87.6 Å². The van der Waals surface area contributed by atoms with E-state index in [0.29, 0.717) is 0 Å². The van der Waals surface area contributed by atoms with Crippen molar-refractivity contribution in [1.29, 1.82) is 0 Å². The van der Waals surface area contributed by atoms with E-state index >= 15 is 0 Å². The lowest BCUT2D eigenvalue weighted by molar-refractivity contribution is 1.10. The molecule has 0 spiro atoms. The Morgan fingerprint density at radius 1 is 0.500 bits per heavy atom. The second kappa shape index (κ2) is 8.53. The predicted octanol–water partition coefficient (Wildman–Crippen LogP) is 8.83. The number of aryl methyl sites for hydroxylation is 6. The minimum atomic E-state index is 1.15. The van der Waals surface area contributed by atoms with Crippen LogP contribution in [0.2, 0.25) is 0 Å². The molecule has 1 heterocycles. The Bertz CT molecular complexity index is 1280. The molecule has 0 N–H and O–H groups in total. The molecule has 2 heteroatoms. The van der Waals surface area contributed by atoms with Gasteiger partial charge in [-0.1, -0.05) is 77.9 Å². The zero-order chi connectivity index (χ0) is 24.0. The lowest BCUT2D eigenvalue weighted by Crippen LogP contribution is -2.24. The van der Waals surface area contributed by atoms with Crippen molar-refractivity contribution in [2.45, 2.75) is 41.5 Å². The summed E-state index contributed by atoms with van der Waals surface area (Å²) in [4.78, 5) is 4.90. The number of rotatable bonds is 3. The van der Waals surface area contributed by atoms with Crippen molar-refractivity contribution in [3.05, 3.63) is 124 Å².